The van der Waals surface area contributed by atoms with E-state index in [4.69, 9.17) is 23.2 Å². The van der Waals surface area contributed by atoms with Gasteiger partial charge in [0.15, 0.2) is 0 Å². The van der Waals surface area contributed by atoms with Gasteiger partial charge in [-0.25, -0.2) is 26.9 Å². The molecule has 2 atom stereocenters. The van der Waals surface area contributed by atoms with E-state index < -0.39 is 33.3 Å². The molecule has 202 valence electrons. The zero-order chi connectivity index (χ0) is 27.9. The first-order valence-corrected chi connectivity index (χ1v) is 13.7. The van der Waals surface area contributed by atoms with Gasteiger partial charge in [0.25, 0.3) is 10.0 Å². The Bertz CT molecular complexity index is 1780. The second-order valence-electron chi connectivity index (χ2n) is 8.88. The molecule has 0 aliphatic heterocycles. The maximum atomic E-state index is 14.9. The normalized spacial score (nSPS) is 14.3. The number of nitrogens with zero attached hydrogens (tertiary/aromatic N) is 5. The lowest BCUT2D eigenvalue weighted by atomic mass is 9.86. The fourth-order valence-corrected chi connectivity index (χ4v) is 6.10. The van der Waals surface area contributed by atoms with E-state index in [0.29, 0.717) is 22.0 Å². The van der Waals surface area contributed by atoms with Crippen molar-refractivity contribution in [3.63, 3.8) is 0 Å². The van der Waals surface area contributed by atoms with Gasteiger partial charge in [0.2, 0.25) is 0 Å². The highest BCUT2D eigenvalue weighted by atomic mass is 35.5. The summed E-state index contributed by atoms with van der Waals surface area (Å²) in [4.78, 5) is 3.73. The number of anilines is 1. The van der Waals surface area contributed by atoms with Crippen LogP contribution < -0.4 is 4.72 Å². The molecule has 0 unspecified atom stereocenters. The molecule has 0 amide bonds. The van der Waals surface area contributed by atoms with E-state index in [2.05, 4.69) is 19.9 Å². The molecule has 2 heterocycles. The molecule has 2 N–H and O–H groups in total. The Morgan fingerprint density at radius 3 is 2.59 bits per heavy atom. The summed E-state index contributed by atoms with van der Waals surface area (Å²) in [7, 11) is -4.03. The summed E-state index contributed by atoms with van der Waals surface area (Å²) in [6.07, 6.45) is 4.22. The number of halogens is 4. The van der Waals surface area contributed by atoms with Crippen molar-refractivity contribution >= 4 is 49.8 Å². The second-order valence-corrected chi connectivity index (χ2v) is 11.4. The first-order valence-electron chi connectivity index (χ1n) is 11.4. The van der Waals surface area contributed by atoms with Crippen molar-refractivity contribution in [2.24, 2.45) is 0 Å². The minimum Gasteiger partial charge on any atom is -0.381 e. The van der Waals surface area contributed by atoms with Gasteiger partial charge in [0, 0.05) is 33.9 Å². The third kappa shape index (κ3) is 5.33. The van der Waals surface area contributed by atoms with Gasteiger partial charge < -0.3 is 5.11 Å². The van der Waals surface area contributed by atoms with Crippen LogP contribution >= 0.6 is 23.2 Å². The number of sulfonamides is 1. The standard InChI is InChI=1S/C25H20Cl2F2N6O3S/c1-15(25(36,12-34-14-30-13-31-34)20-5-3-18(28)10-22(20)29)35-11-16-8-19(4-6-23(16)32-35)33-39(37,38)24-7-2-17(26)9-21(24)27/h2-11,13-15,33,36H,12H2,1H3/t15-,25-/m1/s1. The predicted molar refractivity (Wildman–Crippen MR) is 142 cm³/mol. The van der Waals surface area contributed by atoms with Crippen LogP contribution in [-0.4, -0.2) is 38.1 Å². The number of rotatable bonds is 8. The lowest BCUT2D eigenvalue weighted by Gasteiger charge is -2.34. The van der Waals surface area contributed by atoms with Gasteiger partial charge in [-0.15, -0.1) is 0 Å². The Balaban J connectivity index is 1.50. The molecule has 3 aromatic carbocycles. The molecule has 0 aliphatic rings. The van der Waals surface area contributed by atoms with E-state index in [-0.39, 0.29) is 27.7 Å². The third-order valence-electron chi connectivity index (χ3n) is 6.31. The fraction of sp³-hybridized carbons (Fsp3) is 0.160. The summed E-state index contributed by atoms with van der Waals surface area (Å²) in [6, 6.07) is 10.8. The molecule has 5 rings (SSSR count). The van der Waals surface area contributed by atoms with Gasteiger partial charge >= 0.3 is 0 Å². The molecule has 0 radical (unpaired) electrons. The van der Waals surface area contributed by atoms with E-state index in [1.165, 1.54) is 52.4 Å². The highest BCUT2D eigenvalue weighted by Crippen LogP contribution is 2.37. The van der Waals surface area contributed by atoms with Gasteiger partial charge in [-0.1, -0.05) is 29.3 Å². The highest BCUT2D eigenvalue weighted by molar-refractivity contribution is 7.92. The summed E-state index contributed by atoms with van der Waals surface area (Å²) in [5.74, 6) is -1.72. The first kappa shape index (κ1) is 27.0. The molecule has 2 aromatic heterocycles. The molecule has 5 aromatic rings. The van der Waals surface area contributed by atoms with E-state index in [9.17, 15) is 22.3 Å². The minimum absolute atomic E-state index is 0.0302. The Labute approximate surface area is 231 Å². The molecular weight excluding hydrogens is 573 g/mol. The number of hydrogen-bond acceptors (Lipinski definition) is 6. The van der Waals surface area contributed by atoms with Crippen molar-refractivity contribution < 1.29 is 22.3 Å². The van der Waals surface area contributed by atoms with Gasteiger partial charge in [-0.2, -0.15) is 10.2 Å². The topological polar surface area (TPSA) is 115 Å². The fourth-order valence-electron chi connectivity index (χ4n) is 4.27. The van der Waals surface area contributed by atoms with Crippen molar-refractivity contribution in [3.05, 3.63) is 101 Å². The molecule has 9 nitrogen and oxygen atoms in total. The molecule has 39 heavy (non-hydrogen) atoms. The molecular formula is C25H20Cl2F2N6O3S. The molecule has 0 saturated heterocycles. The summed E-state index contributed by atoms with van der Waals surface area (Å²) in [6.45, 7) is 1.41. The maximum Gasteiger partial charge on any atom is 0.263 e. The van der Waals surface area contributed by atoms with Crippen LogP contribution in [-0.2, 0) is 22.2 Å². The zero-order valence-electron chi connectivity index (χ0n) is 20.1. The monoisotopic (exact) mass is 592 g/mol. The minimum atomic E-state index is -4.03. The van der Waals surface area contributed by atoms with Crippen molar-refractivity contribution in [1.29, 1.82) is 0 Å². The highest BCUT2D eigenvalue weighted by Gasteiger charge is 2.41. The third-order valence-corrected chi connectivity index (χ3v) is 8.41. The smallest absolute Gasteiger partial charge is 0.263 e. The van der Waals surface area contributed by atoms with Crippen molar-refractivity contribution in [2.45, 2.75) is 30.0 Å². The van der Waals surface area contributed by atoms with Gasteiger partial charge in [-0.3, -0.25) is 9.40 Å². The number of benzene rings is 3. The van der Waals surface area contributed by atoms with Crippen molar-refractivity contribution in [2.75, 3.05) is 4.72 Å². The summed E-state index contributed by atoms with van der Waals surface area (Å²) in [5, 5.41) is 21.1. The van der Waals surface area contributed by atoms with E-state index in [1.54, 1.807) is 25.3 Å². The SMILES string of the molecule is C[C@@H](n1cc2cc(NS(=O)(=O)c3ccc(Cl)cc3Cl)ccc2n1)[C@](O)(Cn1cncn1)c1ccc(F)cc1F. The number of hydrogen-bond donors (Lipinski definition) is 2. The average Bonchev–Trinajstić information content (AvgIpc) is 3.52. The lowest BCUT2D eigenvalue weighted by molar-refractivity contribution is -0.0366. The van der Waals surface area contributed by atoms with E-state index in [0.717, 1.165) is 6.07 Å². The number of aliphatic hydroxyl groups is 1. The van der Waals surface area contributed by atoms with Crippen LogP contribution in [0.3, 0.4) is 0 Å². The molecule has 0 spiro atoms. The Morgan fingerprint density at radius 2 is 1.90 bits per heavy atom. The molecule has 0 fully saturated rings. The van der Waals surface area contributed by atoms with Crippen LogP contribution in [0.2, 0.25) is 10.0 Å². The number of aromatic nitrogens is 5. The van der Waals surface area contributed by atoms with Crippen LogP contribution in [0.15, 0.2) is 78.3 Å². The van der Waals surface area contributed by atoms with Crippen LogP contribution in [0.1, 0.15) is 18.5 Å². The second kappa shape index (κ2) is 10.2. The summed E-state index contributed by atoms with van der Waals surface area (Å²) < 4.78 is 59.6. The molecule has 0 aliphatic carbocycles. The first-order chi connectivity index (χ1) is 18.5. The van der Waals surface area contributed by atoms with Crippen LogP contribution in [0.4, 0.5) is 14.5 Å². The largest absolute Gasteiger partial charge is 0.381 e. The maximum absolute atomic E-state index is 14.9. The lowest BCUT2D eigenvalue weighted by Crippen LogP contribution is -2.40. The molecule has 14 heteroatoms. The van der Waals surface area contributed by atoms with Gasteiger partial charge in [0.05, 0.1) is 23.1 Å². The quantitative estimate of drug-likeness (QED) is 0.257. The van der Waals surface area contributed by atoms with Crippen LogP contribution in [0, 0.1) is 11.6 Å². The summed E-state index contributed by atoms with van der Waals surface area (Å²) >= 11 is 12.0. The van der Waals surface area contributed by atoms with Crippen molar-refractivity contribution in [1.82, 2.24) is 24.5 Å². The van der Waals surface area contributed by atoms with E-state index >= 15 is 0 Å². The van der Waals surface area contributed by atoms with Crippen molar-refractivity contribution in [3.8, 4) is 0 Å². The zero-order valence-corrected chi connectivity index (χ0v) is 22.5. The van der Waals surface area contributed by atoms with E-state index in [1.807, 2.05) is 0 Å². The van der Waals surface area contributed by atoms with Gasteiger partial charge in [0.1, 0.15) is 34.8 Å². The summed E-state index contributed by atoms with van der Waals surface area (Å²) in [5.41, 5.74) is -1.36. The van der Waals surface area contributed by atoms with Crippen LogP contribution in [0.5, 0.6) is 0 Å². The Morgan fingerprint density at radius 1 is 1.10 bits per heavy atom. The Hall–Kier alpha value is -3.58. The molecule has 0 bridgehead atoms. The number of fused-ring (bicyclic) bond motifs is 1. The Kier molecular flexibility index (Phi) is 7.06. The average molecular weight is 593 g/mol. The van der Waals surface area contributed by atoms with Crippen LogP contribution in [0.25, 0.3) is 10.9 Å². The van der Waals surface area contributed by atoms with Gasteiger partial charge in [-0.05, 0) is 49.4 Å². The number of nitrogens with one attached hydrogen (secondary N) is 1. The predicted octanol–water partition coefficient (Wildman–Crippen LogP) is 5.16. The molecule has 0 saturated carbocycles.